The molecule has 0 aliphatic carbocycles. The third-order valence-corrected chi connectivity index (χ3v) is 3.75. The van der Waals surface area contributed by atoms with Crippen LogP contribution >= 0.6 is 0 Å². The Morgan fingerprint density at radius 2 is 1.84 bits per heavy atom. The number of benzene rings is 2. The van der Waals surface area contributed by atoms with Gasteiger partial charge in [0.25, 0.3) is 0 Å². The molecule has 4 nitrogen and oxygen atoms in total. The molecule has 25 heavy (non-hydrogen) atoms. The molecule has 0 heterocycles. The molecule has 0 radical (unpaired) electrons. The number of halogens is 2. The van der Waals surface area contributed by atoms with E-state index < -0.39 is 6.61 Å². The van der Waals surface area contributed by atoms with E-state index in [9.17, 15) is 13.6 Å². The maximum Gasteiger partial charge on any atom is 0.387 e. The van der Waals surface area contributed by atoms with Gasteiger partial charge in [-0.2, -0.15) is 8.78 Å². The number of amides is 1. The first kappa shape index (κ1) is 18.9. The number of ether oxygens (including phenoxy) is 1. The maximum absolute atomic E-state index is 12.1. The number of nitrogens with one attached hydrogen (secondary N) is 1. The molecule has 2 aromatic rings. The van der Waals surface area contributed by atoms with E-state index in [1.54, 1.807) is 12.1 Å². The Labute approximate surface area is 146 Å². The van der Waals surface area contributed by atoms with Crippen molar-refractivity contribution < 1.29 is 18.3 Å². The van der Waals surface area contributed by atoms with Crippen LogP contribution in [0.15, 0.2) is 48.5 Å². The quantitative estimate of drug-likeness (QED) is 0.795. The molecule has 0 atom stereocenters. The monoisotopic (exact) mass is 348 g/mol. The molecule has 0 saturated heterocycles. The zero-order valence-electron chi connectivity index (χ0n) is 14.3. The second-order valence-electron chi connectivity index (χ2n) is 5.90. The predicted molar refractivity (Wildman–Crippen MR) is 92.4 cm³/mol. The van der Waals surface area contributed by atoms with Gasteiger partial charge in [0.1, 0.15) is 5.75 Å². The predicted octanol–water partition coefficient (Wildman–Crippen LogP) is 3.34. The van der Waals surface area contributed by atoms with E-state index in [1.165, 1.54) is 12.1 Å². The van der Waals surface area contributed by atoms with Crippen LogP contribution in [0.1, 0.15) is 16.7 Å². The summed E-state index contributed by atoms with van der Waals surface area (Å²) >= 11 is 0. The summed E-state index contributed by atoms with van der Waals surface area (Å²) in [6.45, 7) is 0.465. The van der Waals surface area contributed by atoms with E-state index in [2.05, 4.69) is 10.1 Å². The fraction of sp³-hybridized carbons (Fsp3) is 0.316. The molecule has 0 unspecified atom stereocenters. The lowest BCUT2D eigenvalue weighted by Gasteiger charge is -2.17. The molecule has 2 aromatic carbocycles. The van der Waals surface area contributed by atoms with Crippen LogP contribution in [-0.2, 0) is 17.9 Å². The molecule has 2 rings (SSSR count). The van der Waals surface area contributed by atoms with E-state index in [-0.39, 0.29) is 18.2 Å². The molecule has 0 aliphatic rings. The van der Waals surface area contributed by atoms with Crippen LogP contribution in [0, 0.1) is 6.92 Å². The third kappa shape index (κ3) is 6.51. The van der Waals surface area contributed by atoms with Crippen LogP contribution < -0.4 is 10.1 Å². The largest absolute Gasteiger partial charge is 0.435 e. The highest BCUT2D eigenvalue weighted by atomic mass is 19.3. The van der Waals surface area contributed by atoms with Gasteiger partial charge in [-0.3, -0.25) is 9.69 Å². The molecule has 0 bridgehead atoms. The minimum atomic E-state index is -2.83. The van der Waals surface area contributed by atoms with E-state index in [4.69, 9.17) is 0 Å². The average Bonchev–Trinajstić information content (AvgIpc) is 2.55. The normalized spacial score (nSPS) is 11.0. The summed E-state index contributed by atoms with van der Waals surface area (Å²) in [5, 5.41) is 2.90. The molecule has 0 fully saturated rings. The van der Waals surface area contributed by atoms with E-state index in [0.717, 1.165) is 16.7 Å². The minimum Gasteiger partial charge on any atom is -0.435 e. The van der Waals surface area contributed by atoms with Crippen LogP contribution in [-0.4, -0.2) is 31.0 Å². The molecular weight excluding hydrogens is 326 g/mol. The molecule has 134 valence electrons. The number of aryl methyl sites for hydroxylation is 1. The SMILES string of the molecule is Cc1ccccc1CNC(=O)CN(C)Cc1ccc(OC(F)F)cc1. The number of hydrogen-bond acceptors (Lipinski definition) is 3. The Kier molecular flexibility index (Phi) is 6.89. The number of alkyl halides is 2. The molecule has 0 aromatic heterocycles. The smallest absolute Gasteiger partial charge is 0.387 e. The lowest BCUT2D eigenvalue weighted by atomic mass is 10.1. The first-order valence-electron chi connectivity index (χ1n) is 7.97. The molecule has 0 aliphatic heterocycles. The summed E-state index contributed by atoms with van der Waals surface area (Å²) in [7, 11) is 1.83. The summed E-state index contributed by atoms with van der Waals surface area (Å²) in [5.41, 5.74) is 3.14. The van der Waals surface area contributed by atoms with Gasteiger partial charge in [0.05, 0.1) is 6.54 Å². The summed E-state index contributed by atoms with van der Waals surface area (Å²) in [4.78, 5) is 13.9. The number of carbonyl (C=O) groups excluding carboxylic acids is 1. The Balaban J connectivity index is 1.78. The lowest BCUT2D eigenvalue weighted by Crippen LogP contribution is -2.34. The van der Waals surface area contributed by atoms with Gasteiger partial charge in [-0.05, 0) is 42.8 Å². The average molecular weight is 348 g/mol. The van der Waals surface area contributed by atoms with Crippen LogP contribution in [0.25, 0.3) is 0 Å². The number of nitrogens with zero attached hydrogens (tertiary/aromatic N) is 1. The molecule has 1 amide bonds. The molecular formula is C19H22F2N2O2. The number of carbonyl (C=O) groups is 1. The first-order valence-corrected chi connectivity index (χ1v) is 7.97. The Hall–Kier alpha value is -2.47. The summed E-state index contributed by atoms with van der Waals surface area (Å²) in [6, 6.07) is 14.3. The standard InChI is InChI=1S/C19H22F2N2O2/c1-14-5-3-4-6-16(14)11-22-18(24)13-23(2)12-15-7-9-17(10-8-15)25-19(20)21/h3-10,19H,11-13H2,1-2H3,(H,22,24). The first-order chi connectivity index (χ1) is 11.9. The van der Waals surface area contributed by atoms with Crippen molar-refractivity contribution in [3.05, 3.63) is 65.2 Å². The van der Waals surface area contributed by atoms with Gasteiger partial charge < -0.3 is 10.1 Å². The van der Waals surface area contributed by atoms with Crippen molar-refractivity contribution in [2.75, 3.05) is 13.6 Å². The number of rotatable bonds is 8. The Bertz CT molecular complexity index is 690. The summed E-state index contributed by atoms with van der Waals surface area (Å²) in [6.07, 6.45) is 0. The van der Waals surface area contributed by atoms with E-state index >= 15 is 0 Å². The van der Waals surface area contributed by atoms with Crippen molar-refractivity contribution in [3.63, 3.8) is 0 Å². The van der Waals surface area contributed by atoms with Gasteiger partial charge in [0.2, 0.25) is 5.91 Å². The summed E-state index contributed by atoms with van der Waals surface area (Å²) < 4.78 is 28.6. The van der Waals surface area contributed by atoms with Gasteiger partial charge in [0.15, 0.2) is 0 Å². The van der Waals surface area contributed by atoms with Crippen molar-refractivity contribution in [3.8, 4) is 5.75 Å². The molecule has 6 heteroatoms. The second-order valence-corrected chi connectivity index (χ2v) is 5.90. The zero-order chi connectivity index (χ0) is 18.2. The van der Waals surface area contributed by atoms with Crippen molar-refractivity contribution in [1.82, 2.24) is 10.2 Å². The lowest BCUT2D eigenvalue weighted by molar-refractivity contribution is -0.122. The highest BCUT2D eigenvalue weighted by Gasteiger charge is 2.09. The molecule has 0 saturated carbocycles. The highest BCUT2D eigenvalue weighted by Crippen LogP contribution is 2.15. The van der Waals surface area contributed by atoms with Crippen molar-refractivity contribution in [2.45, 2.75) is 26.6 Å². The third-order valence-electron chi connectivity index (χ3n) is 3.75. The molecule has 0 spiro atoms. The van der Waals surface area contributed by atoms with E-state index in [0.29, 0.717) is 13.1 Å². The van der Waals surface area contributed by atoms with Gasteiger partial charge in [0, 0.05) is 13.1 Å². The maximum atomic E-state index is 12.1. The second kappa shape index (κ2) is 9.13. The van der Waals surface area contributed by atoms with Gasteiger partial charge >= 0.3 is 6.61 Å². The molecule has 1 N–H and O–H groups in total. The zero-order valence-corrected chi connectivity index (χ0v) is 14.3. The van der Waals surface area contributed by atoms with Crippen LogP contribution in [0.2, 0.25) is 0 Å². The Morgan fingerprint density at radius 3 is 2.48 bits per heavy atom. The minimum absolute atomic E-state index is 0.0663. The van der Waals surface area contributed by atoms with E-state index in [1.807, 2.05) is 43.1 Å². The fourth-order valence-electron chi connectivity index (χ4n) is 2.45. The number of likely N-dealkylation sites (N-methyl/N-ethyl adjacent to an activating group) is 1. The van der Waals surface area contributed by atoms with Crippen molar-refractivity contribution in [1.29, 1.82) is 0 Å². The summed E-state index contributed by atoms with van der Waals surface area (Å²) in [5.74, 6) is 0.0563. The van der Waals surface area contributed by atoms with Gasteiger partial charge in [-0.1, -0.05) is 36.4 Å². The van der Waals surface area contributed by atoms with Crippen LogP contribution in [0.5, 0.6) is 5.75 Å². The van der Waals surface area contributed by atoms with Gasteiger partial charge in [-0.15, -0.1) is 0 Å². The van der Waals surface area contributed by atoms with Crippen LogP contribution in [0.4, 0.5) is 8.78 Å². The van der Waals surface area contributed by atoms with Crippen LogP contribution in [0.3, 0.4) is 0 Å². The van der Waals surface area contributed by atoms with Gasteiger partial charge in [-0.25, -0.2) is 0 Å². The van der Waals surface area contributed by atoms with Crippen molar-refractivity contribution >= 4 is 5.91 Å². The Morgan fingerprint density at radius 1 is 1.16 bits per heavy atom. The topological polar surface area (TPSA) is 41.6 Å². The number of hydrogen-bond donors (Lipinski definition) is 1. The fourth-order valence-corrected chi connectivity index (χ4v) is 2.45. The van der Waals surface area contributed by atoms with Crippen molar-refractivity contribution in [2.24, 2.45) is 0 Å². The highest BCUT2D eigenvalue weighted by molar-refractivity contribution is 5.78.